The number of imidazole rings is 1. The highest BCUT2D eigenvalue weighted by Gasteiger charge is 2.31. The van der Waals surface area contributed by atoms with E-state index < -0.39 is 0 Å². The van der Waals surface area contributed by atoms with Crippen LogP contribution in [0, 0.1) is 0 Å². The van der Waals surface area contributed by atoms with Gasteiger partial charge in [0.15, 0.2) is 0 Å². The molecule has 0 aliphatic carbocycles. The number of aromatic nitrogens is 2. The molecule has 4 rings (SSSR count). The predicted molar refractivity (Wildman–Crippen MR) is 90.5 cm³/mol. The molecule has 7 nitrogen and oxygen atoms in total. The van der Waals surface area contributed by atoms with Crippen LogP contribution in [0.4, 0.5) is 0 Å². The predicted octanol–water partition coefficient (Wildman–Crippen LogP) is 1.90. The van der Waals surface area contributed by atoms with E-state index in [0.29, 0.717) is 36.6 Å². The molecule has 1 atom stereocenters. The molecule has 2 aliphatic heterocycles. The lowest BCUT2D eigenvalue weighted by Crippen LogP contribution is -2.39. The first kappa shape index (κ1) is 15.7. The number of rotatable bonds is 2. The molecule has 2 aliphatic rings. The second kappa shape index (κ2) is 6.58. The third kappa shape index (κ3) is 2.97. The van der Waals surface area contributed by atoms with Gasteiger partial charge in [0.05, 0.1) is 18.2 Å². The number of nitrogens with one attached hydrogen (secondary N) is 2. The summed E-state index contributed by atoms with van der Waals surface area (Å²) in [5, 5.41) is 2.77. The Morgan fingerprint density at radius 1 is 1.32 bits per heavy atom. The number of hydrogen-bond acceptors (Lipinski definition) is 4. The second-order valence-electron chi connectivity index (χ2n) is 6.30. The Morgan fingerprint density at radius 2 is 2.24 bits per heavy atom. The summed E-state index contributed by atoms with van der Waals surface area (Å²) in [6.45, 7) is 1.58. The summed E-state index contributed by atoms with van der Waals surface area (Å²) < 4.78 is 5.56. The molecule has 130 valence electrons. The normalized spacial score (nSPS) is 20.2. The third-order valence-electron chi connectivity index (χ3n) is 4.71. The van der Waals surface area contributed by atoms with Gasteiger partial charge in [-0.15, -0.1) is 0 Å². The fraction of sp³-hybridized carbons (Fsp3) is 0.389. The van der Waals surface area contributed by atoms with E-state index in [9.17, 15) is 9.59 Å². The minimum Gasteiger partial charge on any atom is -0.491 e. The van der Waals surface area contributed by atoms with Crippen LogP contribution in [0.25, 0.3) is 0 Å². The number of H-pyrrole nitrogens is 1. The van der Waals surface area contributed by atoms with Gasteiger partial charge in [0.2, 0.25) is 0 Å². The highest BCUT2D eigenvalue weighted by molar-refractivity contribution is 6.01. The summed E-state index contributed by atoms with van der Waals surface area (Å²) in [4.78, 5) is 34.6. The van der Waals surface area contributed by atoms with E-state index in [1.54, 1.807) is 30.6 Å². The fourth-order valence-electron chi connectivity index (χ4n) is 3.47. The molecule has 1 fully saturated rings. The number of nitrogens with zero attached hydrogens (tertiary/aromatic N) is 2. The molecule has 1 aromatic carbocycles. The second-order valence-corrected chi connectivity index (χ2v) is 6.30. The van der Waals surface area contributed by atoms with Crippen LogP contribution in [-0.2, 0) is 0 Å². The topological polar surface area (TPSA) is 87.3 Å². The number of benzene rings is 1. The molecule has 1 saturated heterocycles. The highest BCUT2D eigenvalue weighted by Crippen LogP contribution is 2.31. The minimum atomic E-state index is -0.205. The number of aromatic amines is 1. The monoisotopic (exact) mass is 340 g/mol. The van der Waals surface area contributed by atoms with Crippen LogP contribution in [0.2, 0.25) is 0 Å². The molecule has 0 bridgehead atoms. The maximum atomic E-state index is 13.1. The summed E-state index contributed by atoms with van der Waals surface area (Å²) >= 11 is 0. The van der Waals surface area contributed by atoms with E-state index >= 15 is 0 Å². The van der Waals surface area contributed by atoms with Gasteiger partial charge >= 0.3 is 0 Å². The van der Waals surface area contributed by atoms with Crippen molar-refractivity contribution in [1.29, 1.82) is 0 Å². The molecule has 0 saturated carbocycles. The van der Waals surface area contributed by atoms with Gasteiger partial charge in [0.25, 0.3) is 11.8 Å². The van der Waals surface area contributed by atoms with Crippen molar-refractivity contribution in [2.75, 3.05) is 19.7 Å². The Hall–Kier alpha value is -2.83. The first-order chi connectivity index (χ1) is 12.2. The fourth-order valence-corrected chi connectivity index (χ4v) is 3.47. The average Bonchev–Trinajstić information content (AvgIpc) is 3.12. The van der Waals surface area contributed by atoms with Crippen molar-refractivity contribution < 1.29 is 14.3 Å². The van der Waals surface area contributed by atoms with E-state index in [0.717, 1.165) is 25.1 Å². The van der Waals surface area contributed by atoms with Gasteiger partial charge in [-0.25, -0.2) is 4.98 Å². The largest absolute Gasteiger partial charge is 0.491 e. The van der Waals surface area contributed by atoms with Gasteiger partial charge < -0.3 is 19.9 Å². The molecule has 25 heavy (non-hydrogen) atoms. The highest BCUT2D eigenvalue weighted by atomic mass is 16.5. The summed E-state index contributed by atoms with van der Waals surface area (Å²) in [6.07, 6.45) is 6.40. The number of fused-ring (bicyclic) bond motifs is 1. The molecule has 2 aromatic rings. The van der Waals surface area contributed by atoms with Crippen molar-refractivity contribution in [2.45, 2.75) is 25.3 Å². The van der Waals surface area contributed by atoms with Gasteiger partial charge in [-0.05, 0) is 37.5 Å². The van der Waals surface area contributed by atoms with Crippen molar-refractivity contribution in [2.24, 2.45) is 0 Å². The zero-order valence-corrected chi connectivity index (χ0v) is 13.8. The van der Waals surface area contributed by atoms with E-state index in [2.05, 4.69) is 15.3 Å². The van der Waals surface area contributed by atoms with E-state index in [1.165, 1.54) is 0 Å². The molecular formula is C18H20N4O3. The summed E-state index contributed by atoms with van der Waals surface area (Å²) in [5.41, 5.74) is 0.910. The van der Waals surface area contributed by atoms with Crippen molar-refractivity contribution in [1.82, 2.24) is 20.2 Å². The first-order valence-electron chi connectivity index (χ1n) is 8.59. The van der Waals surface area contributed by atoms with Gasteiger partial charge in [0.1, 0.15) is 18.2 Å². The van der Waals surface area contributed by atoms with E-state index in [4.69, 9.17) is 4.74 Å². The summed E-state index contributed by atoms with van der Waals surface area (Å²) in [6, 6.07) is 5.01. The molecule has 2 amide bonds. The van der Waals surface area contributed by atoms with Gasteiger partial charge in [-0.2, -0.15) is 0 Å². The van der Waals surface area contributed by atoms with Crippen LogP contribution >= 0.6 is 0 Å². The van der Waals surface area contributed by atoms with Crippen LogP contribution in [-0.4, -0.2) is 46.4 Å². The van der Waals surface area contributed by atoms with E-state index in [-0.39, 0.29) is 17.9 Å². The molecule has 0 spiro atoms. The van der Waals surface area contributed by atoms with Crippen LogP contribution in [0.15, 0.2) is 30.6 Å². The SMILES string of the molecule is O=C1NCCOc2ccc(C(=O)N3CCCCC3c3ncc[nH]3)cc21. The quantitative estimate of drug-likeness (QED) is 0.874. The molecule has 2 N–H and O–H groups in total. The maximum Gasteiger partial charge on any atom is 0.255 e. The zero-order valence-electron chi connectivity index (χ0n) is 13.8. The Kier molecular flexibility index (Phi) is 4.13. The van der Waals surface area contributed by atoms with Crippen molar-refractivity contribution in [3.63, 3.8) is 0 Å². The van der Waals surface area contributed by atoms with Crippen molar-refractivity contribution in [3.05, 3.63) is 47.5 Å². The lowest BCUT2D eigenvalue weighted by atomic mass is 9.99. The maximum absolute atomic E-state index is 13.1. The lowest BCUT2D eigenvalue weighted by molar-refractivity contribution is 0.0601. The number of amides is 2. The Bertz CT molecular complexity index is 788. The standard InChI is InChI=1S/C18H20N4O3/c23-17-13-11-12(4-5-15(13)25-10-8-21-17)18(24)22-9-2-1-3-14(22)16-19-6-7-20-16/h4-7,11,14H,1-3,8-10H2,(H,19,20)(H,21,23). The van der Waals surface area contributed by atoms with E-state index in [1.807, 2.05) is 4.90 Å². The number of likely N-dealkylation sites (tertiary alicyclic amines) is 1. The van der Waals surface area contributed by atoms with Gasteiger partial charge in [0, 0.05) is 24.5 Å². The Balaban J connectivity index is 1.64. The lowest BCUT2D eigenvalue weighted by Gasteiger charge is -2.34. The van der Waals surface area contributed by atoms with Crippen molar-refractivity contribution in [3.8, 4) is 5.75 Å². The molecule has 7 heteroatoms. The average molecular weight is 340 g/mol. The summed E-state index contributed by atoms with van der Waals surface area (Å²) in [5.74, 6) is 1.04. The van der Waals surface area contributed by atoms with Gasteiger partial charge in [-0.3, -0.25) is 9.59 Å². The minimum absolute atomic E-state index is 0.0554. The number of hydrogen-bond donors (Lipinski definition) is 2. The number of ether oxygens (including phenoxy) is 1. The molecular weight excluding hydrogens is 320 g/mol. The Morgan fingerprint density at radius 3 is 3.08 bits per heavy atom. The van der Waals surface area contributed by atoms with Crippen LogP contribution in [0.5, 0.6) is 5.75 Å². The number of carbonyl (C=O) groups excluding carboxylic acids is 2. The third-order valence-corrected chi connectivity index (χ3v) is 4.71. The molecule has 3 heterocycles. The Labute approximate surface area is 145 Å². The smallest absolute Gasteiger partial charge is 0.255 e. The van der Waals surface area contributed by atoms with Crippen LogP contribution in [0.3, 0.4) is 0 Å². The number of piperidine rings is 1. The first-order valence-corrected chi connectivity index (χ1v) is 8.59. The number of carbonyl (C=O) groups is 2. The summed E-state index contributed by atoms with van der Waals surface area (Å²) in [7, 11) is 0. The van der Waals surface area contributed by atoms with Crippen molar-refractivity contribution >= 4 is 11.8 Å². The molecule has 1 aromatic heterocycles. The van der Waals surface area contributed by atoms with Crippen LogP contribution < -0.4 is 10.1 Å². The molecule has 0 radical (unpaired) electrons. The van der Waals surface area contributed by atoms with Gasteiger partial charge in [-0.1, -0.05) is 0 Å². The van der Waals surface area contributed by atoms with Crippen LogP contribution in [0.1, 0.15) is 51.8 Å². The zero-order chi connectivity index (χ0) is 17.2. The molecule has 1 unspecified atom stereocenters.